The molecule has 2 heterocycles. The first-order valence-corrected chi connectivity index (χ1v) is 8.32. The molecule has 2 aromatic heterocycles. The highest BCUT2D eigenvalue weighted by Crippen LogP contribution is 2.33. The van der Waals surface area contributed by atoms with Gasteiger partial charge in [-0.1, -0.05) is 11.6 Å². The number of benzene rings is 1. The van der Waals surface area contributed by atoms with Crippen molar-refractivity contribution < 1.29 is 8.42 Å². The molecule has 0 unspecified atom stereocenters. The third kappa shape index (κ3) is 2.09. The average Bonchev–Trinajstić information content (AvgIpc) is 2.94. The molecule has 0 bridgehead atoms. The number of aromatic amines is 1. The van der Waals surface area contributed by atoms with Gasteiger partial charge in [0.2, 0.25) is 0 Å². The van der Waals surface area contributed by atoms with Crippen LogP contribution in [0.4, 0.5) is 0 Å². The Bertz CT molecular complexity index is 912. The second kappa shape index (κ2) is 4.51. The number of hydrogen-bond acceptors (Lipinski definition) is 3. The molecule has 3 rings (SSSR count). The first-order chi connectivity index (χ1) is 9.38. The van der Waals surface area contributed by atoms with E-state index in [9.17, 15) is 8.42 Å². The molecule has 0 aliphatic rings. The predicted octanol–water partition coefficient (Wildman–Crippen LogP) is 3.24. The van der Waals surface area contributed by atoms with Gasteiger partial charge >= 0.3 is 0 Å². The Morgan fingerprint density at radius 2 is 2.10 bits per heavy atom. The molecule has 104 valence electrons. The first kappa shape index (κ1) is 13.5. The van der Waals surface area contributed by atoms with Crippen LogP contribution < -0.4 is 0 Å². The van der Waals surface area contributed by atoms with Crippen LogP contribution >= 0.6 is 22.3 Å². The molecule has 8 heteroatoms. The minimum absolute atomic E-state index is 0.0240. The molecule has 5 nitrogen and oxygen atoms in total. The fourth-order valence-corrected chi connectivity index (χ4v) is 3.35. The lowest BCUT2D eigenvalue weighted by Crippen LogP contribution is -1.97. The maximum Gasteiger partial charge on any atom is 0.263 e. The molecule has 1 N–H and O–H groups in total. The molecule has 0 atom stereocenters. The standard InChI is InChI=1S/C12H9Cl2N3O2S/c1-7-4-16-17(6-7)12-9(13)3-2-8-10(20(14,18)19)5-15-11(8)12/h2-6,15H,1H3. The van der Waals surface area contributed by atoms with Crippen LogP contribution in [-0.2, 0) is 9.05 Å². The largest absolute Gasteiger partial charge is 0.358 e. The summed E-state index contributed by atoms with van der Waals surface area (Å²) in [5.74, 6) is 0. The summed E-state index contributed by atoms with van der Waals surface area (Å²) in [5, 5.41) is 5.14. The number of aromatic nitrogens is 3. The second-order valence-corrected chi connectivity index (χ2v) is 7.31. The fraction of sp³-hybridized carbons (Fsp3) is 0.0833. The van der Waals surface area contributed by atoms with Gasteiger partial charge in [0.05, 0.1) is 16.7 Å². The van der Waals surface area contributed by atoms with Crippen LogP contribution in [0, 0.1) is 6.92 Å². The Kier molecular flexibility index (Phi) is 3.04. The van der Waals surface area contributed by atoms with Gasteiger partial charge in [-0.25, -0.2) is 13.1 Å². The molecule has 0 amide bonds. The minimum atomic E-state index is -3.82. The summed E-state index contributed by atoms with van der Waals surface area (Å²) in [6.07, 6.45) is 4.84. The highest BCUT2D eigenvalue weighted by molar-refractivity contribution is 8.14. The Hall–Kier alpha value is -1.50. The number of rotatable bonds is 2. The predicted molar refractivity (Wildman–Crippen MR) is 78.2 cm³/mol. The van der Waals surface area contributed by atoms with Crippen LogP contribution in [0.25, 0.3) is 16.6 Å². The zero-order chi connectivity index (χ0) is 14.5. The van der Waals surface area contributed by atoms with Gasteiger partial charge in [-0.05, 0) is 24.6 Å². The van der Waals surface area contributed by atoms with Crippen LogP contribution in [0.15, 0.2) is 35.6 Å². The quantitative estimate of drug-likeness (QED) is 0.734. The van der Waals surface area contributed by atoms with E-state index < -0.39 is 9.05 Å². The van der Waals surface area contributed by atoms with Crippen LogP contribution in [0.1, 0.15) is 5.56 Å². The number of nitrogens with zero attached hydrogens (tertiary/aromatic N) is 2. The van der Waals surface area contributed by atoms with Gasteiger partial charge in [0.15, 0.2) is 0 Å². The number of fused-ring (bicyclic) bond motifs is 1. The van der Waals surface area contributed by atoms with Gasteiger partial charge in [0.25, 0.3) is 9.05 Å². The van der Waals surface area contributed by atoms with E-state index in [4.69, 9.17) is 22.3 Å². The van der Waals surface area contributed by atoms with Gasteiger partial charge in [-0.2, -0.15) is 5.10 Å². The molecule has 3 aromatic rings. The zero-order valence-electron chi connectivity index (χ0n) is 10.3. The smallest absolute Gasteiger partial charge is 0.263 e. The highest BCUT2D eigenvalue weighted by Gasteiger charge is 2.19. The summed E-state index contributed by atoms with van der Waals surface area (Å²) in [7, 11) is 1.59. The maximum absolute atomic E-state index is 11.5. The van der Waals surface area contributed by atoms with Crippen molar-refractivity contribution in [1.29, 1.82) is 0 Å². The van der Waals surface area contributed by atoms with Gasteiger partial charge in [-0.15, -0.1) is 0 Å². The molecule has 0 aliphatic carbocycles. The van der Waals surface area contributed by atoms with Crippen molar-refractivity contribution in [2.75, 3.05) is 0 Å². The Balaban J connectivity index is 2.38. The lowest BCUT2D eigenvalue weighted by atomic mass is 10.2. The van der Waals surface area contributed by atoms with Crippen LogP contribution in [-0.4, -0.2) is 23.2 Å². The van der Waals surface area contributed by atoms with Crippen molar-refractivity contribution in [2.45, 2.75) is 11.8 Å². The lowest BCUT2D eigenvalue weighted by Gasteiger charge is -2.06. The Morgan fingerprint density at radius 3 is 2.70 bits per heavy atom. The van der Waals surface area contributed by atoms with E-state index in [0.29, 0.717) is 21.6 Å². The molecule has 0 saturated carbocycles. The van der Waals surface area contributed by atoms with Crippen LogP contribution in [0.3, 0.4) is 0 Å². The molecule has 0 radical (unpaired) electrons. The molecular formula is C12H9Cl2N3O2S. The molecule has 20 heavy (non-hydrogen) atoms. The lowest BCUT2D eigenvalue weighted by molar-refractivity contribution is 0.610. The summed E-state index contributed by atoms with van der Waals surface area (Å²) >= 11 is 6.21. The van der Waals surface area contributed by atoms with Gasteiger partial charge in [-0.3, -0.25) is 0 Å². The summed E-state index contributed by atoms with van der Waals surface area (Å²) in [4.78, 5) is 2.93. The van der Waals surface area contributed by atoms with Crippen LogP contribution in [0.2, 0.25) is 5.02 Å². The Morgan fingerprint density at radius 1 is 1.35 bits per heavy atom. The van der Waals surface area contributed by atoms with Crippen molar-refractivity contribution in [3.63, 3.8) is 0 Å². The monoisotopic (exact) mass is 329 g/mol. The molecule has 0 aliphatic heterocycles. The normalized spacial score (nSPS) is 12.2. The summed E-state index contributed by atoms with van der Waals surface area (Å²) < 4.78 is 24.7. The van der Waals surface area contributed by atoms with E-state index in [1.54, 1.807) is 29.2 Å². The fourth-order valence-electron chi connectivity index (χ4n) is 2.09. The zero-order valence-corrected chi connectivity index (χ0v) is 12.6. The van der Waals surface area contributed by atoms with Crippen molar-refractivity contribution in [1.82, 2.24) is 14.8 Å². The number of H-pyrrole nitrogens is 1. The van der Waals surface area contributed by atoms with Gasteiger partial charge in [0.1, 0.15) is 10.6 Å². The van der Waals surface area contributed by atoms with Crippen LogP contribution in [0.5, 0.6) is 0 Å². The second-order valence-electron chi connectivity index (χ2n) is 4.37. The van der Waals surface area contributed by atoms with Gasteiger partial charge in [0, 0.05) is 28.5 Å². The minimum Gasteiger partial charge on any atom is -0.358 e. The highest BCUT2D eigenvalue weighted by atomic mass is 35.7. The molecule has 0 fully saturated rings. The topological polar surface area (TPSA) is 67.8 Å². The van der Waals surface area contributed by atoms with Crippen molar-refractivity contribution in [3.05, 3.63) is 41.3 Å². The number of hydrogen-bond donors (Lipinski definition) is 1. The molecular weight excluding hydrogens is 321 g/mol. The van der Waals surface area contributed by atoms with E-state index in [2.05, 4.69) is 10.1 Å². The Labute approximate surface area is 124 Å². The maximum atomic E-state index is 11.5. The molecule has 1 aromatic carbocycles. The summed E-state index contributed by atoms with van der Waals surface area (Å²) in [6, 6.07) is 3.24. The first-order valence-electron chi connectivity index (χ1n) is 5.64. The SMILES string of the molecule is Cc1cnn(-c2c(Cl)ccc3c(S(=O)(=O)Cl)c[nH]c23)c1. The van der Waals surface area contributed by atoms with E-state index in [1.807, 2.05) is 6.92 Å². The van der Waals surface area contributed by atoms with E-state index in [1.165, 1.54) is 6.20 Å². The van der Waals surface area contributed by atoms with Gasteiger partial charge < -0.3 is 4.98 Å². The van der Waals surface area contributed by atoms with Crippen molar-refractivity contribution in [3.8, 4) is 5.69 Å². The molecule has 0 saturated heterocycles. The number of nitrogens with one attached hydrogen (secondary N) is 1. The van der Waals surface area contributed by atoms with E-state index in [-0.39, 0.29) is 4.90 Å². The summed E-state index contributed by atoms with van der Waals surface area (Å²) in [6.45, 7) is 1.90. The van der Waals surface area contributed by atoms with E-state index >= 15 is 0 Å². The average molecular weight is 330 g/mol. The molecule has 0 spiro atoms. The third-order valence-corrected chi connectivity index (χ3v) is 4.61. The summed E-state index contributed by atoms with van der Waals surface area (Å²) in [5.41, 5.74) is 2.12. The van der Waals surface area contributed by atoms with Crippen molar-refractivity contribution >= 4 is 42.2 Å². The number of aryl methyl sites for hydroxylation is 1. The third-order valence-electron chi connectivity index (χ3n) is 2.95. The van der Waals surface area contributed by atoms with E-state index in [0.717, 1.165) is 5.56 Å². The number of halogens is 2. The van der Waals surface area contributed by atoms with Crippen molar-refractivity contribution in [2.24, 2.45) is 0 Å².